The van der Waals surface area contributed by atoms with Gasteiger partial charge in [-0.05, 0) is 77.7 Å². The Morgan fingerprint density at radius 2 is 0.873 bits per heavy atom. The average molecular weight is 702 g/mol. The minimum Gasteiger partial charge on any atom is -0.310 e. The third kappa shape index (κ3) is 4.98. The van der Waals surface area contributed by atoms with Crippen LogP contribution in [0.5, 0.6) is 0 Å². The zero-order valence-electron chi connectivity index (χ0n) is 30.0. The van der Waals surface area contributed by atoms with Gasteiger partial charge in [0.25, 0.3) is 0 Å². The quantitative estimate of drug-likeness (QED) is 0.168. The smallest absolute Gasteiger partial charge is 0.0619 e. The van der Waals surface area contributed by atoms with Crippen LogP contribution in [0.25, 0.3) is 76.9 Å². The SMILES string of the molecule is c1ccc(-c2ccccc2N(c2ccc(-n3c4ccccc4c4ccc5ccccc5c43)cc2)c2ccc3c4ccccc4n(-c4ccccc4)c3c2)cc1. The Balaban J connectivity index is 1.15. The maximum atomic E-state index is 2.43. The zero-order valence-corrected chi connectivity index (χ0v) is 30.0. The van der Waals surface area contributed by atoms with Gasteiger partial charge in [-0.3, -0.25) is 0 Å². The van der Waals surface area contributed by atoms with E-state index in [9.17, 15) is 0 Å². The second-order valence-corrected chi connectivity index (χ2v) is 14.2. The summed E-state index contributed by atoms with van der Waals surface area (Å²) in [7, 11) is 0. The lowest BCUT2D eigenvalue weighted by atomic mass is 10.0. The van der Waals surface area contributed by atoms with Gasteiger partial charge in [0.2, 0.25) is 0 Å². The largest absolute Gasteiger partial charge is 0.310 e. The van der Waals surface area contributed by atoms with Crippen LogP contribution in [0.2, 0.25) is 0 Å². The van der Waals surface area contributed by atoms with Crippen LogP contribution in [0.3, 0.4) is 0 Å². The monoisotopic (exact) mass is 701 g/mol. The zero-order chi connectivity index (χ0) is 36.3. The van der Waals surface area contributed by atoms with Crippen molar-refractivity contribution in [3.05, 3.63) is 212 Å². The lowest BCUT2D eigenvalue weighted by Gasteiger charge is -2.28. The molecule has 55 heavy (non-hydrogen) atoms. The highest BCUT2D eigenvalue weighted by molar-refractivity contribution is 6.18. The molecule has 0 radical (unpaired) electrons. The molecule has 0 bridgehead atoms. The van der Waals surface area contributed by atoms with Crippen molar-refractivity contribution in [3.63, 3.8) is 0 Å². The number of nitrogens with zero attached hydrogens (tertiary/aromatic N) is 3. The molecule has 11 aromatic rings. The van der Waals surface area contributed by atoms with Crippen molar-refractivity contribution in [3.8, 4) is 22.5 Å². The number of aromatic nitrogens is 2. The summed E-state index contributed by atoms with van der Waals surface area (Å²) in [6, 6.07) is 76.9. The Morgan fingerprint density at radius 3 is 1.65 bits per heavy atom. The Morgan fingerprint density at radius 1 is 0.327 bits per heavy atom. The number of hydrogen-bond acceptors (Lipinski definition) is 1. The molecule has 0 spiro atoms. The molecule has 0 amide bonds. The Hall–Kier alpha value is -7.36. The highest BCUT2D eigenvalue weighted by Crippen LogP contribution is 2.44. The van der Waals surface area contributed by atoms with Gasteiger partial charge in [0.15, 0.2) is 0 Å². The summed E-state index contributed by atoms with van der Waals surface area (Å²) in [6.07, 6.45) is 0. The molecule has 2 heterocycles. The van der Waals surface area contributed by atoms with E-state index in [0.717, 1.165) is 28.4 Å². The van der Waals surface area contributed by atoms with Gasteiger partial charge >= 0.3 is 0 Å². The first-order chi connectivity index (χ1) is 27.3. The third-order valence-electron chi connectivity index (χ3n) is 11.1. The van der Waals surface area contributed by atoms with Crippen LogP contribution < -0.4 is 4.90 Å². The highest BCUT2D eigenvalue weighted by Gasteiger charge is 2.21. The van der Waals surface area contributed by atoms with E-state index in [-0.39, 0.29) is 0 Å². The molecule has 11 rings (SSSR count). The second kappa shape index (κ2) is 12.6. The van der Waals surface area contributed by atoms with Crippen LogP contribution in [-0.2, 0) is 0 Å². The first-order valence-electron chi connectivity index (χ1n) is 18.9. The predicted molar refractivity (Wildman–Crippen MR) is 233 cm³/mol. The van der Waals surface area contributed by atoms with Crippen LogP contribution in [0.4, 0.5) is 17.1 Å². The molecule has 0 fully saturated rings. The van der Waals surface area contributed by atoms with E-state index in [0.29, 0.717) is 0 Å². The molecule has 0 saturated heterocycles. The lowest BCUT2D eigenvalue weighted by Crippen LogP contribution is -2.11. The summed E-state index contributed by atoms with van der Waals surface area (Å²) in [5.74, 6) is 0. The number of benzene rings is 9. The van der Waals surface area contributed by atoms with Gasteiger partial charge in [-0.25, -0.2) is 0 Å². The normalized spacial score (nSPS) is 11.6. The first kappa shape index (κ1) is 31.2. The molecular weight excluding hydrogens is 667 g/mol. The summed E-state index contributed by atoms with van der Waals surface area (Å²) < 4.78 is 4.83. The van der Waals surface area contributed by atoms with E-state index in [4.69, 9.17) is 0 Å². The van der Waals surface area contributed by atoms with Crippen LogP contribution in [-0.4, -0.2) is 9.13 Å². The van der Waals surface area contributed by atoms with E-state index in [1.807, 2.05) is 0 Å². The van der Waals surface area contributed by atoms with Gasteiger partial charge in [-0.15, -0.1) is 0 Å². The number of rotatable bonds is 6. The van der Waals surface area contributed by atoms with Crippen molar-refractivity contribution in [1.29, 1.82) is 0 Å². The van der Waals surface area contributed by atoms with Gasteiger partial charge < -0.3 is 14.0 Å². The summed E-state index contributed by atoms with van der Waals surface area (Å²) >= 11 is 0. The Labute approximate surface area is 319 Å². The minimum absolute atomic E-state index is 1.08. The van der Waals surface area contributed by atoms with E-state index in [1.165, 1.54) is 65.5 Å². The molecule has 0 atom stereocenters. The van der Waals surface area contributed by atoms with Crippen LogP contribution in [0.15, 0.2) is 212 Å². The third-order valence-corrected chi connectivity index (χ3v) is 11.1. The average Bonchev–Trinajstić information content (AvgIpc) is 3.78. The number of anilines is 3. The number of hydrogen-bond donors (Lipinski definition) is 0. The number of fused-ring (bicyclic) bond motifs is 8. The molecule has 9 aromatic carbocycles. The highest BCUT2D eigenvalue weighted by atomic mass is 15.1. The summed E-state index contributed by atoms with van der Waals surface area (Å²) in [5.41, 5.74) is 12.7. The van der Waals surface area contributed by atoms with Crippen molar-refractivity contribution in [2.45, 2.75) is 0 Å². The maximum absolute atomic E-state index is 2.43. The van der Waals surface area contributed by atoms with Crippen molar-refractivity contribution in [1.82, 2.24) is 9.13 Å². The van der Waals surface area contributed by atoms with E-state index in [2.05, 4.69) is 226 Å². The van der Waals surface area contributed by atoms with Gasteiger partial charge in [-0.1, -0.05) is 146 Å². The van der Waals surface area contributed by atoms with Gasteiger partial charge in [0.05, 0.1) is 27.8 Å². The second-order valence-electron chi connectivity index (χ2n) is 14.2. The van der Waals surface area contributed by atoms with E-state index < -0.39 is 0 Å². The topological polar surface area (TPSA) is 13.1 Å². The fourth-order valence-electron chi connectivity index (χ4n) is 8.66. The standard InChI is InChI=1S/C52H35N3/c1-3-15-36(16-4-1)42-20-9-12-24-48(42)53(41-32-34-46-44-22-10-13-25-49(44)54(51(46)35-41)38-18-5-2-6-19-38)39-28-30-40(31-29-39)55-50-26-14-11-23-45(50)47-33-27-37-17-7-8-21-43(37)52(47)55/h1-35H. The van der Waals surface area contributed by atoms with Crippen LogP contribution in [0, 0.1) is 0 Å². The summed E-state index contributed by atoms with van der Waals surface area (Å²) in [6.45, 7) is 0. The molecule has 3 nitrogen and oxygen atoms in total. The van der Waals surface area contributed by atoms with E-state index >= 15 is 0 Å². The minimum atomic E-state index is 1.08. The van der Waals surface area contributed by atoms with E-state index in [1.54, 1.807) is 0 Å². The van der Waals surface area contributed by atoms with Crippen molar-refractivity contribution in [2.75, 3.05) is 4.90 Å². The van der Waals surface area contributed by atoms with Crippen molar-refractivity contribution >= 4 is 71.4 Å². The number of para-hydroxylation sites is 4. The first-order valence-corrected chi connectivity index (χ1v) is 18.9. The molecule has 0 N–H and O–H groups in total. The molecule has 3 heteroatoms. The molecule has 0 aliphatic rings. The van der Waals surface area contributed by atoms with Gasteiger partial charge in [-0.2, -0.15) is 0 Å². The predicted octanol–water partition coefficient (Wildman–Crippen LogP) is 14.2. The molecule has 2 aromatic heterocycles. The Kier molecular flexibility index (Phi) is 7.17. The molecule has 258 valence electrons. The van der Waals surface area contributed by atoms with Gasteiger partial charge in [0.1, 0.15) is 0 Å². The molecule has 0 unspecified atom stereocenters. The van der Waals surface area contributed by atoms with Crippen molar-refractivity contribution in [2.24, 2.45) is 0 Å². The fraction of sp³-hybridized carbons (Fsp3) is 0. The molecule has 0 saturated carbocycles. The molecular formula is C52H35N3. The summed E-state index contributed by atoms with van der Waals surface area (Å²) in [4.78, 5) is 2.42. The Bertz CT molecular complexity index is 3190. The molecule has 0 aliphatic carbocycles. The van der Waals surface area contributed by atoms with Crippen LogP contribution >= 0.6 is 0 Å². The summed E-state index contributed by atoms with van der Waals surface area (Å²) in [5, 5.41) is 7.48. The van der Waals surface area contributed by atoms with Crippen molar-refractivity contribution < 1.29 is 0 Å². The fourth-order valence-corrected chi connectivity index (χ4v) is 8.66. The molecule has 0 aliphatic heterocycles. The maximum Gasteiger partial charge on any atom is 0.0619 e. The lowest BCUT2D eigenvalue weighted by molar-refractivity contribution is 1.17. The van der Waals surface area contributed by atoms with Gasteiger partial charge in [0, 0.05) is 55.2 Å². The van der Waals surface area contributed by atoms with Crippen LogP contribution in [0.1, 0.15) is 0 Å².